The molecule has 11 heteroatoms. The zero-order valence-electron chi connectivity index (χ0n) is 20.2. The lowest BCUT2D eigenvalue weighted by molar-refractivity contribution is 0.0984. The van der Waals surface area contributed by atoms with Crippen molar-refractivity contribution in [2.75, 3.05) is 48.0 Å². The fraction of sp³-hybridized carbons (Fsp3) is 0.458. The summed E-state index contributed by atoms with van der Waals surface area (Å²) in [7, 11) is 0. The number of hydrogen-bond donors (Lipinski definition) is 2. The minimum Gasteiger partial charge on any atom is -0.408 e. The Balaban J connectivity index is 1.49. The number of carbonyl (C=O) groups is 1. The molecule has 1 saturated heterocycles. The highest BCUT2D eigenvalue weighted by molar-refractivity contribution is 5.89. The van der Waals surface area contributed by atoms with Gasteiger partial charge in [0.25, 0.3) is 0 Å². The Hall–Kier alpha value is -3.73. The van der Waals surface area contributed by atoms with Gasteiger partial charge in [-0.15, -0.1) is 5.10 Å². The summed E-state index contributed by atoms with van der Waals surface area (Å²) >= 11 is 0. The molecule has 2 aromatic heterocycles. The van der Waals surface area contributed by atoms with Crippen LogP contribution in [0.1, 0.15) is 31.0 Å². The highest BCUT2D eigenvalue weighted by atomic mass is 16.5. The van der Waals surface area contributed by atoms with Crippen molar-refractivity contribution in [1.82, 2.24) is 25.5 Å². The van der Waals surface area contributed by atoms with E-state index in [2.05, 4.69) is 37.6 Å². The first-order valence-electron chi connectivity index (χ1n) is 12.0. The summed E-state index contributed by atoms with van der Waals surface area (Å²) in [6, 6.07) is 8.07. The number of fused-ring (bicyclic) bond motifs is 1. The summed E-state index contributed by atoms with van der Waals surface area (Å²) in [5.41, 5.74) is 3.69. The zero-order chi connectivity index (χ0) is 24.4. The van der Waals surface area contributed by atoms with Crippen LogP contribution in [0, 0.1) is 6.92 Å². The van der Waals surface area contributed by atoms with Gasteiger partial charge in [-0.1, -0.05) is 5.10 Å². The predicted octanol–water partition coefficient (Wildman–Crippen LogP) is 2.76. The third kappa shape index (κ3) is 4.90. The Labute approximate surface area is 203 Å². The smallest absolute Gasteiger partial charge is 0.319 e. The van der Waals surface area contributed by atoms with Gasteiger partial charge in [0.2, 0.25) is 5.89 Å². The Morgan fingerprint density at radius 1 is 1.17 bits per heavy atom. The van der Waals surface area contributed by atoms with Crippen LogP contribution in [0.2, 0.25) is 0 Å². The standard InChI is InChI=1S/C24H30N8O3/c1-4-25-23(33)26-18-7-5-17(6-8-18)21-27-20-13-31(24-30-29-16(3)35-24)10-9-19(20)22(28-21)32-11-12-34-14-15(32)2/h5-8,15H,4,9-14H2,1-3H3,(H2,25,26,33). The molecule has 1 unspecified atom stereocenters. The van der Waals surface area contributed by atoms with E-state index in [1.165, 1.54) is 0 Å². The molecule has 2 amide bonds. The van der Waals surface area contributed by atoms with Crippen molar-refractivity contribution in [3.63, 3.8) is 0 Å². The molecule has 2 aliphatic rings. The van der Waals surface area contributed by atoms with Crippen molar-refractivity contribution in [2.24, 2.45) is 0 Å². The SMILES string of the molecule is CCNC(=O)Nc1ccc(-c2nc3c(c(N4CCOCC4C)n2)CCN(c2nnc(C)o2)C3)cc1. The van der Waals surface area contributed by atoms with Gasteiger partial charge in [-0.3, -0.25) is 0 Å². The van der Waals surface area contributed by atoms with Gasteiger partial charge in [-0.25, -0.2) is 14.8 Å². The van der Waals surface area contributed by atoms with Gasteiger partial charge in [0.15, 0.2) is 5.82 Å². The van der Waals surface area contributed by atoms with Crippen LogP contribution in [-0.2, 0) is 17.7 Å². The zero-order valence-corrected chi connectivity index (χ0v) is 20.2. The van der Waals surface area contributed by atoms with Gasteiger partial charge >= 0.3 is 12.0 Å². The first-order chi connectivity index (χ1) is 17.0. The molecule has 35 heavy (non-hydrogen) atoms. The Morgan fingerprint density at radius 2 is 2.00 bits per heavy atom. The minimum absolute atomic E-state index is 0.218. The molecular weight excluding hydrogens is 448 g/mol. The number of carbonyl (C=O) groups excluding carboxylic acids is 1. The molecule has 0 spiro atoms. The predicted molar refractivity (Wildman–Crippen MR) is 132 cm³/mol. The summed E-state index contributed by atoms with van der Waals surface area (Å²) < 4.78 is 11.3. The highest BCUT2D eigenvalue weighted by Crippen LogP contribution is 2.32. The van der Waals surface area contributed by atoms with Crippen molar-refractivity contribution in [2.45, 2.75) is 39.8 Å². The second-order valence-electron chi connectivity index (χ2n) is 8.75. The molecule has 184 valence electrons. The third-order valence-electron chi connectivity index (χ3n) is 6.21. The Kier molecular flexibility index (Phi) is 6.49. The van der Waals surface area contributed by atoms with E-state index >= 15 is 0 Å². The number of hydrogen-bond acceptors (Lipinski definition) is 9. The van der Waals surface area contributed by atoms with Crippen LogP contribution in [0.15, 0.2) is 28.7 Å². The van der Waals surface area contributed by atoms with E-state index in [4.69, 9.17) is 19.1 Å². The average molecular weight is 479 g/mol. The number of nitrogens with zero attached hydrogens (tertiary/aromatic N) is 6. The van der Waals surface area contributed by atoms with Crippen LogP contribution >= 0.6 is 0 Å². The van der Waals surface area contributed by atoms with Crippen LogP contribution in [-0.4, -0.2) is 65.1 Å². The van der Waals surface area contributed by atoms with Gasteiger partial charge in [-0.2, -0.15) is 0 Å². The van der Waals surface area contributed by atoms with Crippen LogP contribution in [0.5, 0.6) is 0 Å². The van der Waals surface area contributed by atoms with Crippen molar-refractivity contribution in [1.29, 1.82) is 0 Å². The van der Waals surface area contributed by atoms with Crippen LogP contribution in [0.3, 0.4) is 0 Å². The maximum Gasteiger partial charge on any atom is 0.319 e. The minimum atomic E-state index is -0.231. The fourth-order valence-electron chi connectivity index (χ4n) is 4.43. The summed E-state index contributed by atoms with van der Waals surface area (Å²) in [5, 5.41) is 13.7. The number of anilines is 3. The number of morpholine rings is 1. The van der Waals surface area contributed by atoms with E-state index < -0.39 is 0 Å². The van der Waals surface area contributed by atoms with E-state index in [1.807, 2.05) is 31.2 Å². The summed E-state index contributed by atoms with van der Waals surface area (Å²) in [5.74, 6) is 2.15. The van der Waals surface area contributed by atoms with Gasteiger partial charge in [-0.05, 0) is 44.5 Å². The number of aromatic nitrogens is 4. The molecule has 1 fully saturated rings. The lowest BCUT2D eigenvalue weighted by atomic mass is 10.0. The summed E-state index contributed by atoms with van der Waals surface area (Å²) in [4.78, 5) is 26.2. The van der Waals surface area contributed by atoms with E-state index in [1.54, 1.807) is 6.92 Å². The largest absolute Gasteiger partial charge is 0.408 e. The number of ether oxygens (including phenoxy) is 1. The van der Waals surface area contributed by atoms with Crippen molar-refractivity contribution < 1.29 is 13.9 Å². The lowest BCUT2D eigenvalue weighted by Crippen LogP contribution is -2.45. The quantitative estimate of drug-likeness (QED) is 0.570. The average Bonchev–Trinajstić information content (AvgIpc) is 3.30. The van der Waals surface area contributed by atoms with Gasteiger partial charge in [0.1, 0.15) is 5.82 Å². The van der Waals surface area contributed by atoms with E-state index in [-0.39, 0.29) is 12.1 Å². The molecule has 0 aliphatic carbocycles. The molecule has 3 aromatic rings. The van der Waals surface area contributed by atoms with Crippen molar-refractivity contribution in [3.05, 3.63) is 41.4 Å². The first kappa shape index (κ1) is 23.0. The van der Waals surface area contributed by atoms with E-state index in [9.17, 15) is 4.79 Å². The van der Waals surface area contributed by atoms with Crippen molar-refractivity contribution in [3.8, 4) is 11.4 Å². The van der Waals surface area contributed by atoms with Crippen LogP contribution in [0.4, 0.5) is 22.3 Å². The lowest BCUT2D eigenvalue weighted by Gasteiger charge is -2.37. The first-order valence-corrected chi connectivity index (χ1v) is 12.0. The molecule has 4 heterocycles. The molecule has 0 saturated carbocycles. The van der Waals surface area contributed by atoms with Gasteiger partial charge < -0.3 is 29.6 Å². The summed E-state index contributed by atoms with van der Waals surface area (Å²) in [6.45, 7) is 9.83. The molecule has 1 atom stereocenters. The normalized spacial score (nSPS) is 17.7. The van der Waals surface area contributed by atoms with Gasteiger partial charge in [0.05, 0.1) is 31.5 Å². The molecule has 11 nitrogen and oxygen atoms in total. The van der Waals surface area contributed by atoms with E-state index in [0.717, 1.165) is 42.1 Å². The molecule has 2 aliphatic heterocycles. The highest BCUT2D eigenvalue weighted by Gasteiger charge is 2.30. The van der Waals surface area contributed by atoms with Crippen LogP contribution in [0.25, 0.3) is 11.4 Å². The third-order valence-corrected chi connectivity index (χ3v) is 6.21. The maximum atomic E-state index is 11.8. The maximum absolute atomic E-state index is 11.8. The number of amides is 2. The Morgan fingerprint density at radius 3 is 2.71 bits per heavy atom. The summed E-state index contributed by atoms with van der Waals surface area (Å²) in [6.07, 6.45) is 0.784. The number of nitrogens with one attached hydrogen (secondary N) is 2. The van der Waals surface area contributed by atoms with Crippen LogP contribution < -0.4 is 20.4 Å². The molecule has 0 bridgehead atoms. The second kappa shape index (κ2) is 9.87. The molecular formula is C24H30N8O3. The molecule has 2 N–H and O–H groups in total. The number of benzene rings is 1. The fourth-order valence-corrected chi connectivity index (χ4v) is 4.43. The van der Waals surface area contributed by atoms with Gasteiger partial charge in [0, 0.05) is 43.4 Å². The van der Waals surface area contributed by atoms with E-state index in [0.29, 0.717) is 49.7 Å². The monoisotopic (exact) mass is 478 g/mol. The molecule has 1 aromatic carbocycles. The van der Waals surface area contributed by atoms with Crippen molar-refractivity contribution >= 4 is 23.6 Å². The topological polar surface area (TPSA) is 122 Å². The molecule has 5 rings (SSSR count). The molecule has 0 radical (unpaired) electrons. The number of aryl methyl sites for hydroxylation is 1. The number of urea groups is 1. The second-order valence-corrected chi connectivity index (χ2v) is 8.75. The Bertz CT molecular complexity index is 1200. The number of rotatable bonds is 5.